The Bertz CT molecular complexity index is 398. The van der Waals surface area contributed by atoms with Crippen molar-refractivity contribution in [1.82, 2.24) is 10.2 Å². The Balaban J connectivity index is 1.41. The highest BCUT2D eigenvalue weighted by Crippen LogP contribution is 2.33. The van der Waals surface area contributed by atoms with Crippen molar-refractivity contribution < 1.29 is 19.0 Å². The van der Waals surface area contributed by atoms with E-state index in [2.05, 4.69) is 12.2 Å². The van der Waals surface area contributed by atoms with E-state index in [0.29, 0.717) is 26.4 Å². The van der Waals surface area contributed by atoms with Gasteiger partial charge in [0.15, 0.2) is 5.79 Å². The van der Waals surface area contributed by atoms with E-state index in [1.54, 1.807) is 0 Å². The molecule has 0 bridgehead atoms. The van der Waals surface area contributed by atoms with E-state index in [9.17, 15) is 4.79 Å². The van der Waals surface area contributed by atoms with Gasteiger partial charge in [0.25, 0.3) is 0 Å². The molecule has 6 heteroatoms. The van der Waals surface area contributed by atoms with Crippen LogP contribution < -0.4 is 5.32 Å². The molecule has 3 aliphatic rings. The van der Waals surface area contributed by atoms with Gasteiger partial charge in [-0.05, 0) is 25.2 Å². The quantitative estimate of drug-likeness (QED) is 0.863. The fourth-order valence-corrected chi connectivity index (χ4v) is 3.75. The number of amides is 2. The molecule has 3 rings (SSSR count). The summed E-state index contributed by atoms with van der Waals surface area (Å²) in [6.45, 7) is 6.42. The van der Waals surface area contributed by atoms with E-state index in [1.807, 2.05) is 4.90 Å². The fraction of sp³-hybridized carbons (Fsp3) is 0.941. The van der Waals surface area contributed by atoms with E-state index in [-0.39, 0.29) is 12.1 Å². The predicted molar refractivity (Wildman–Crippen MR) is 86.2 cm³/mol. The van der Waals surface area contributed by atoms with Gasteiger partial charge in [0.2, 0.25) is 0 Å². The molecular formula is C17H30N2O4. The number of likely N-dealkylation sites (tertiary alicyclic amines) is 1. The molecular weight excluding hydrogens is 296 g/mol. The number of nitrogens with one attached hydrogen (secondary N) is 1. The van der Waals surface area contributed by atoms with E-state index >= 15 is 0 Å². The molecule has 132 valence electrons. The number of hydrogen-bond acceptors (Lipinski definition) is 4. The Hall–Kier alpha value is -0.850. The SMILES string of the molecule is CC[C@H]1CCCN(C(=O)NC[C@H]2COC3(CCOCC3)O2)CC1. The highest BCUT2D eigenvalue weighted by atomic mass is 16.7. The third-order valence-corrected chi connectivity index (χ3v) is 5.36. The maximum atomic E-state index is 12.4. The minimum absolute atomic E-state index is 0.0401. The topological polar surface area (TPSA) is 60.0 Å². The minimum Gasteiger partial charge on any atom is -0.381 e. The molecule has 2 amide bonds. The van der Waals surface area contributed by atoms with Crippen LogP contribution in [0.3, 0.4) is 0 Å². The molecule has 3 saturated heterocycles. The lowest BCUT2D eigenvalue weighted by Crippen LogP contribution is -2.44. The highest BCUT2D eigenvalue weighted by Gasteiger charge is 2.42. The molecule has 23 heavy (non-hydrogen) atoms. The summed E-state index contributed by atoms with van der Waals surface area (Å²) in [5, 5.41) is 3.03. The minimum atomic E-state index is -0.468. The van der Waals surface area contributed by atoms with Crippen LogP contribution in [0.1, 0.15) is 45.4 Å². The number of hydrogen-bond donors (Lipinski definition) is 1. The second-order valence-corrected chi connectivity index (χ2v) is 6.95. The van der Waals surface area contributed by atoms with Gasteiger partial charge in [-0.3, -0.25) is 0 Å². The number of ether oxygens (including phenoxy) is 3. The third-order valence-electron chi connectivity index (χ3n) is 5.36. The summed E-state index contributed by atoms with van der Waals surface area (Å²) < 4.78 is 17.3. The average molecular weight is 326 g/mol. The zero-order chi connectivity index (χ0) is 16.1. The van der Waals surface area contributed by atoms with E-state index in [1.165, 1.54) is 12.8 Å². The van der Waals surface area contributed by atoms with Crippen LogP contribution in [0.15, 0.2) is 0 Å². The van der Waals surface area contributed by atoms with Crippen LogP contribution in [0.2, 0.25) is 0 Å². The maximum Gasteiger partial charge on any atom is 0.317 e. The molecule has 0 aromatic rings. The molecule has 0 aromatic carbocycles. The standard InChI is InChI=1S/C17H30N2O4/c1-2-14-4-3-8-19(9-5-14)16(20)18-12-15-13-22-17(23-15)6-10-21-11-7-17/h14-15H,2-13H2,1H3,(H,18,20)/t14-,15-/m0/s1. The largest absolute Gasteiger partial charge is 0.381 e. The van der Waals surface area contributed by atoms with Crippen LogP contribution in [-0.2, 0) is 14.2 Å². The lowest BCUT2D eigenvalue weighted by Gasteiger charge is -2.31. The zero-order valence-electron chi connectivity index (χ0n) is 14.2. The van der Waals surface area contributed by atoms with E-state index in [4.69, 9.17) is 14.2 Å². The molecule has 0 aliphatic carbocycles. The maximum absolute atomic E-state index is 12.4. The van der Waals surface area contributed by atoms with Crippen molar-refractivity contribution >= 4 is 6.03 Å². The molecule has 2 atom stereocenters. The molecule has 6 nitrogen and oxygen atoms in total. The Morgan fingerprint density at radius 2 is 2.09 bits per heavy atom. The first-order valence-corrected chi connectivity index (χ1v) is 9.13. The normalized spacial score (nSPS) is 31.1. The summed E-state index contributed by atoms with van der Waals surface area (Å²) >= 11 is 0. The van der Waals surface area contributed by atoms with Gasteiger partial charge in [-0.25, -0.2) is 4.79 Å². The van der Waals surface area contributed by atoms with Gasteiger partial charge in [0.1, 0.15) is 6.10 Å². The molecule has 1 N–H and O–H groups in total. The van der Waals surface area contributed by atoms with Gasteiger partial charge in [0.05, 0.1) is 19.8 Å². The lowest BCUT2D eigenvalue weighted by atomic mass is 9.98. The Morgan fingerprint density at radius 1 is 1.26 bits per heavy atom. The highest BCUT2D eigenvalue weighted by molar-refractivity contribution is 5.74. The number of nitrogens with zero attached hydrogens (tertiary/aromatic N) is 1. The van der Waals surface area contributed by atoms with Crippen LogP contribution in [-0.4, -0.2) is 62.3 Å². The van der Waals surface area contributed by atoms with Crippen molar-refractivity contribution in [2.75, 3.05) is 39.5 Å². The third kappa shape index (κ3) is 4.37. The van der Waals surface area contributed by atoms with Gasteiger partial charge in [0, 0.05) is 32.5 Å². The van der Waals surface area contributed by atoms with Crippen molar-refractivity contribution in [2.24, 2.45) is 5.92 Å². The molecule has 3 fully saturated rings. The Morgan fingerprint density at radius 3 is 2.87 bits per heavy atom. The van der Waals surface area contributed by atoms with Crippen molar-refractivity contribution in [3.05, 3.63) is 0 Å². The summed E-state index contributed by atoms with van der Waals surface area (Å²) in [6.07, 6.45) is 6.20. The summed E-state index contributed by atoms with van der Waals surface area (Å²) in [7, 11) is 0. The van der Waals surface area contributed by atoms with Crippen molar-refractivity contribution in [1.29, 1.82) is 0 Å². The first-order chi connectivity index (χ1) is 11.2. The first-order valence-electron chi connectivity index (χ1n) is 9.13. The average Bonchev–Trinajstić information content (AvgIpc) is 2.82. The van der Waals surface area contributed by atoms with Crippen molar-refractivity contribution in [2.45, 2.75) is 57.3 Å². The molecule has 0 saturated carbocycles. The number of carbonyl (C=O) groups excluding carboxylic acids is 1. The van der Waals surface area contributed by atoms with Crippen LogP contribution in [0.4, 0.5) is 4.79 Å². The number of urea groups is 1. The second-order valence-electron chi connectivity index (χ2n) is 6.95. The van der Waals surface area contributed by atoms with Crippen LogP contribution >= 0.6 is 0 Å². The monoisotopic (exact) mass is 326 g/mol. The fourth-order valence-electron chi connectivity index (χ4n) is 3.75. The summed E-state index contributed by atoms with van der Waals surface area (Å²) in [5.74, 6) is 0.303. The van der Waals surface area contributed by atoms with Crippen LogP contribution in [0.25, 0.3) is 0 Å². The van der Waals surface area contributed by atoms with Gasteiger partial charge in [-0.15, -0.1) is 0 Å². The Kier molecular flexibility index (Phi) is 5.77. The molecule has 3 aliphatic heterocycles. The van der Waals surface area contributed by atoms with Crippen molar-refractivity contribution in [3.8, 4) is 0 Å². The van der Waals surface area contributed by atoms with E-state index < -0.39 is 5.79 Å². The van der Waals surface area contributed by atoms with Gasteiger partial charge in [-0.2, -0.15) is 0 Å². The molecule has 0 unspecified atom stereocenters. The Labute approximate surface area is 138 Å². The molecule has 0 aromatic heterocycles. The zero-order valence-corrected chi connectivity index (χ0v) is 14.2. The van der Waals surface area contributed by atoms with Gasteiger partial charge >= 0.3 is 6.03 Å². The number of carbonyl (C=O) groups is 1. The van der Waals surface area contributed by atoms with Crippen molar-refractivity contribution in [3.63, 3.8) is 0 Å². The first kappa shape index (κ1) is 17.0. The smallest absolute Gasteiger partial charge is 0.317 e. The molecule has 0 radical (unpaired) electrons. The predicted octanol–water partition coefficient (Wildman–Crippen LogP) is 2.13. The van der Waals surface area contributed by atoms with Crippen LogP contribution in [0, 0.1) is 5.92 Å². The summed E-state index contributed by atoms with van der Waals surface area (Å²) in [4.78, 5) is 14.3. The lowest BCUT2D eigenvalue weighted by molar-refractivity contribution is -0.210. The summed E-state index contributed by atoms with van der Waals surface area (Å²) in [6, 6.07) is 0.0401. The number of rotatable bonds is 3. The van der Waals surface area contributed by atoms with E-state index in [0.717, 1.165) is 44.7 Å². The van der Waals surface area contributed by atoms with Gasteiger partial charge in [-0.1, -0.05) is 13.3 Å². The molecule has 3 heterocycles. The molecule has 1 spiro atoms. The second kappa shape index (κ2) is 7.81. The van der Waals surface area contributed by atoms with Crippen LogP contribution in [0.5, 0.6) is 0 Å². The summed E-state index contributed by atoms with van der Waals surface area (Å²) in [5.41, 5.74) is 0. The van der Waals surface area contributed by atoms with Gasteiger partial charge < -0.3 is 24.4 Å².